The summed E-state index contributed by atoms with van der Waals surface area (Å²) in [5.41, 5.74) is 7.23. The van der Waals surface area contributed by atoms with Crippen LogP contribution >= 0.6 is 15.9 Å². The number of alkyl halides is 3. The van der Waals surface area contributed by atoms with Gasteiger partial charge in [-0.2, -0.15) is 18.3 Å². The molecule has 1 unspecified atom stereocenters. The van der Waals surface area contributed by atoms with Crippen molar-refractivity contribution in [3.8, 4) is 0 Å². The fourth-order valence-electron chi connectivity index (χ4n) is 3.10. The van der Waals surface area contributed by atoms with E-state index in [4.69, 9.17) is 5.73 Å². The normalized spacial score (nSPS) is 25.3. The Balaban J connectivity index is 2.09. The van der Waals surface area contributed by atoms with E-state index in [0.717, 1.165) is 10.2 Å². The molecule has 2 N–H and O–H groups in total. The summed E-state index contributed by atoms with van der Waals surface area (Å²) in [7, 11) is 0. The van der Waals surface area contributed by atoms with Gasteiger partial charge in [-0.25, -0.2) is 0 Å². The van der Waals surface area contributed by atoms with E-state index in [9.17, 15) is 13.2 Å². The second-order valence-corrected chi connectivity index (χ2v) is 6.95. The van der Waals surface area contributed by atoms with Crippen LogP contribution in [0.3, 0.4) is 0 Å². The standard InChI is InChI=1S/C14H21BrF3N3/c1-8(2)21-13(11(15)7-20-21)12(19)9-3-5-10(6-4-9)14(16,17)18/h7-10,12H,3-6,19H2,1-2H3. The van der Waals surface area contributed by atoms with E-state index in [2.05, 4.69) is 21.0 Å². The summed E-state index contributed by atoms with van der Waals surface area (Å²) in [4.78, 5) is 0. The number of halogens is 4. The Labute approximate surface area is 131 Å². The molecule has 1 atom stereocenters. The lowest BCUT2D eigenvalue weighted by Gasteiger charge is -2.33. The SMILES string of the molecule is CC(C)n1ncc(Br)c1C(N)C1CCC(C(F)(F)F)CC1. The molecule has 1 aromatic heterocycles. The zero-order valence-electron chi connectivity index (χ0n) is 12.2. The molecule has 0 saturated heterocycles. The molecule has 0 amide bonds. The highest BCUT2D eigenvalue weighted by Crippen LogP contribution is 2.43. The highest BCUT2D eigenvalue weighted by Gasteiger charge is 2.42. The van der Waals surface area contributed by atoms with Crippen LogP contribution in [0, 0.1) is 11.8 Å². The Morgan fingerprint density at radius 1 is 1.29 bits per heavy atom. The number of aromatic nitrogens is 2. The predicted molar refractivity (Wildman–Crippen MR) is 78.7 cm³/mol. The summed E-state index contributed by atoms with van der Waals surface area (Å²) in [5, 5.41) is 4.30. The molecular formula is C14H21BrF3N3. The van der Waals surface area contributed by atoms with Crippen molar-refractivity contribution in [1.82, 2.24) is 9.78 Å². The van der Waals surface area contributed by atoms with Crippen LogP contribution in [-0.4, -0.2) is 16.0 Å². The summed E-state index contributed by atoms with van der Waals surface area (Å²) in [6, 6.07) is -0.109. The van der Waals surface area contributed by atoms with E-state index < -0.39 is 12.1 Å². The van der Waals surface area contributed by atoms with Gasteiger partial charge in [0, 0.05) is 6.04 Å². The molecule has 1 fully saturated rings. The average molecular weight is 368 g/mol. The lowest BCUT2D eigenvalue weighted by atomic mass is 9.77. The van der Waals surface area contributed by atoms with Gasteiger partial charge in [0.25, 0.3) is 0 Å². The quantitative estimate of drug-likeness (QED) is 0.848. The summed E-state index contributed by atoms with van der Waals surface area (Å²) >= 11 is 3.45. The molecule has 120 valence electrons. The Morgan fingerprint density at radius 3 is 2.33 bits per heavy atom. The Morgan fingerprint density at radius 2 is 1.86 bits per heavy atom. The summed E-state index contributed by atoms with van der Waals surface area (Å²) in [6.07, 6.45) is -0.987. The van der Waals surface area contributed by atoms with Crippen LogP contribution in [0.5, 0.6) is 0 Å². The molecule has 3 nitrogen and oxygen atoms in total. The lowest BCUT2D eigenvalue weighted by molar-refractivity contribution is -0.184. The highest BCUT2D eigenvalue weighted by atomic mass is 79.9. The molecule has 2 rings (SSSR count). The van der Waals surface area contributed by atoms with Crippen LogP contribution in [0.25, 0.3) is 0 Å². The Hall–Kier alpha value is -0.560. The van der Waals surface area contributed by atoms with Gasteiger partial charge in [-0.15, -0.1) is 0 Å². The maximum absolute atomic E-state index is 12.7. The topological polar surface area (TPSA) is 43.8 Å². The third kappa shape index (κ3) is 3.62. The minimum absolute atomic E-state index is 0.0779. The van der Waals surface area contributed by atoms with Gasteiger partial charge in [0.05, 0.1) is 28.3 Å². The van der Waals surface area contributed by atoms with E-state index in [1.807, 2.05) is 18.5 Å². The summed E-state index contributed by atoms with van der Waals surface area (Å²) in [5.74, 6) is -1.09. The lowest BCUT2D eigenvalue weighted by Crippen LogP contribution is -2.33. The third-order valence-electron chi connectivity index (χ3n) is 4.33. The monoisotopic (exact) mass is 367 g/mol. The first-order chi connectivity index (χ1) is 9.71. The number of nitrogens with two attached hydrogens (primary N) is 1. The van der Waals surface area contributed by atoms with E-state index in [0.29, 0.717) is 12.8 Å². The van der Waals surface area contributed by atoms with Gasteiger partial charge in [-0.1, -0.05) is 0 Å². The highest BCUT2D eigenvalue weighted by molar-refractivity contribution is 9.10. The van der Waals surface area contributed by atoms with Crippen molar-refractivity contribution in [3.63, 3.8) is 0 Å². The van der Waals surface area contributed by atoms with Gasteiger partial charge < -0.3 is 5.73 Å². The maximum Gasteiger partial charge on any atom is 0.391 e. The van der Waals surface area contributed by atoms with Crippen molar-refractivity contribution in [2.45, 2.75) is 57.8 Å². The fourth-order valence-corrected chi connectivity index (χ4v) is 3.64. The molecule has 1 aliphatic rings. The number of hydrogen-bond donors (Lipinski definition) is 1. The molecule has 1 aromatic rings. The van der Waals surface area contributed by atoms with Crippen molar-refractivity contribution in [2.24, 2.45) is 17.6 Å². The van der Waals surface area contributed by atoms with E-state index in [1.165, 1.54) is 0 Å². The molecule has 1 heterocycles. The van der Waals surface area contributed by atoms with Gasteiger partial charge in [0.1, 0.15) is 0 Å². The van der Waals surface area contributed by atoms with Crippen molar-refractivity contribution in [2.75, 3.05) is 0 Å². The fraction of sp³-hybridized carbons (Fsp3) is 0.786. The molecule has 7 heteroatoms. The average Bonchev–Trinajstić information content (AvgIpc) is 2.79. The largest absolute Gasteiger partial charge is 0.391 e. The Kier molecular flexibility index (Phi) is 5.03. The first-order valence-corrected chi connectivity index (χ1v) is 8.06. The van der Waals surface area contributed by atoms with Crippen molar-refractivity contribution in [3.05, 3.63) is 16.4 Å². The van der Waals surface area contributed by atoms with E-state index >= 15 is 0 Å². The van der Waals surface area contributed by atoms with Gasteiger partial charge >= 0.3 is 6.18 Å². The second kappa shape index (κ2) is 6.28. The van der Waals surface area contributed by atoms with Crippen molar-refractivity contribution >= 4 is 15.9 Å². The minimum atomic E-state index is -4.07. The number of nitrogens with zero attached hydrogens (tertiary/aromatic N) is 2. The van der Waals surface area contributed by atoms with Crippen LogP contribution in [0.1, 0.15) is 57.3 Å². The molecule has 1 saturated carbocycles. The van der Waals surface area contributed by atoms with Crippen molar-refractivity contribution < 1.29 is 13.2 Å². The Bertz CT molecular complexity index is 476. The van der Waals surface area contributed by atoms with Crippen LogP contribution < -0.4 is 5.73 Å². The van der Waals surface area contributed by atoms with E-state index in [1.54, 1.807) is 6.20 Å². The first-order valence-electron chi connectivity index (χ1n) is 7.27. The van der Waals surface area contributed by atoms with Gasteiger partial charge in [0.15, 0.2) is 0 Å². The first kappa shape index (κ1) is 16.8. The number of hydrogen-bond acceptors (Lipinski definition) is 2. The van der Waals surface area contributed by atoms with E-state index in [-0.39, 0.29) is 30.8 Å². The second-order valence-electron chi connectivity index (χ2n) is 6.10. The molecule has 0 aliphatic heterocycles. The van der Waals surface area contributed by atoms with Crippen LogP contribution in [0.15, 0.2) is 10.7 Å². The van der Waals surface area contributed by atoms with Crippen LogP contribution in [0.4, 0.5) is 13.2 Å². The minimum Gasteiger partial charge on any atom is -0.322 e. The summed E-state index contributed by atoms with van der Waals surface area (Å²) in [6.45, 7) is 4.02. The molecule has 0 aromatic carbocycles. The van der Waals surface area contributed by atoms with Gasteiger partial charge in [-0.3, -0.25) is 4.68 Å². The predicted octanol–water partition coefficient (Wildman–Crippen LogP) is 4.60. The molecule has 0 bridgehead atoms. The molecule has 21 heavy (non-hydrogen) atoms. The molecule has 0 spiro atoms. The van der Waals surface area contributed by atoms with Crippen LogP contribution in [0.2, 0.25) is 0 Å². The third-order valence-corrected chi connectivity index (χ3v) is 4.95. The summed E-state index contributed by atoms with van der Waals surface area (Å²) < 4.78 is 40.9. The molecule has 1 aliphatic carbocycles. The zero-order chi connectivity index (χ0) is 15.8. The van der Waals surface area contributed by atoms with Crippen LogP contribution in [-0.2, 0) is 0 Å². The molecule has 0 radical (unpaired) electrons. The smallest absolute Gasteiger partial charge is 0.322 e. The zero-order valence-corrected chi connectivity index (χ0v) is 13.8. The van der Waals surface area contributed by atoms with Crippen molar-refractivity contribution in [1.29, 1.82) is 0 Å². The van der Waals surface area contributed by atoms with Gasteiger partial charge in [-0.05, 0) is 61.4 Å². The maximum atomic E-state index is 12.7. The molecular weight excluding hydrogens is 347 g/mol. The van der Waals surface area contributed by atoms with Gasteiger partial charge in [0.2, 0.25) is 0 Å². The number of rotatable bonds is 3.